The molecule has 2 N–H and O–H groups in total. The predicted octanol–water partition coefficient (Wildman–Crippen LogP) is 4.53. The number of anilines is 4. The predicted molar refractivity (Wildman–Crippen MR) is 110 cm³/mol. The van der Waals surface area contributed by atoms with Crippen LogP contribution in [0.3, 0.4) is 0 Å². The molecule has 7 heteroatoms. The van der Waals surface area contributed by atoms with Crippen LogP contribution in [0.25, 0.3) is 10.9 Å². The van der Waals surface area contributed by atoms with Crippen LogP contribution in [-0.2, 0) is 0 Å². The van der Waals surface area contributed by atoms with Gasteiger partial charge in [0.05, 0.1) is 31.1 Å². The van der Waals surface area contributed by atoms with Crippen molar-refractivity contribution in [1.29, 1.82) is 0 Å². The van der Waals surface area contributed by atoms with E-state index in [0.29, 0.717) is 29.0 Å². The standard InChI is InChI=1S/C21H19N5O2/c1-27-15-8-9-18(28-2)17(13-15)25-21-23-12-10-19(26-21)24-16-7-3-5-14-6-4-11-22-20(14)16/h3-13H,1-2H3,(H2,23,24,25,26). The molecule has 0 aliphatic rings. The number of rotatable bonds is 6. The van der Waals surface area contributed by atoms with Crippen LogP contribution in [-0.4, -0.2) is 29.2 Å². The third kappa shape index (κ3) is 3.64. The molecule has 0 amide bonds. The van der Waals surface area contributed by atoms with Gasteiger partial charge in [-0.15, -0.1) is 0 Å². The van der Waals surface area contributed by atoms with Gasteiger partial charge in [-0.05, 0) is 30.3 Å². The van der Waals surface area contributed by atoms with Gasteiger partial charge >= 0.3 is 0 Å². The molecule has 0 spiro atoms. The minimum Gasteiger partial charge on any atom is -0.497 e. The van der Waals surface area contributed by atoms with E-state index >= 15 is 0 Å². The molecule has 2 aromatic heterocycles. The van der Waals surface area contributed by atoms with Gasteiger partial charge in [0.2, 0.25) is 5.95 Å². The second-order valence-electron chi connectivity index (χ2n) is 5.96. The van der Waals surface area contributed by atoms with Crippen LogP contribution in [0.5, 0.6) is 11.5 Å². The molecule has 4 aromatic rings. The molecule has 2 aromatic carbocycles. The van der Waals surface area contributed by atoms with Gasteiger partial charge < -0.3 is 20.1 Å². The van der Waals surface area contributed by atoms with E-state index in [1.165, 1.54) is 0 Å². The van der Waals surface area contributed by atoms with E-state index in [4.69, 9.17) is 9.47 Å². The van der Waals surface area contributed by atoms with E-state index in [2.05, 4.69) is 25.6 Å². The van der Waals surface area contributed by atoms with Gasteiger partial charge in [-0.25, -0.2) is 4.98 Å². The van der Waals surface area contributed by atoms with Crippen LogP contribution >= 0.6 is 0 Å². The summed E-state index contributed by atoms with van der Waals surface area (Å²) < 4.78 is 10.7. The van der Waals surface area contributed by atoms with E-state index in [-0.39, 0.29) is 0 Å². The van der Waals surface area contributed by atoms with Crippen LogP contribution in [0.4, 0.5) is 23.1 Å². The van der Waals surface area contributed by atoms with Crippen LogP contribution in [0.15, 0.2) is 67.0 Å². The number of para-hydroxylation sites is 1. The maximum atomic E-state index is 5.39. The van der Waals surface area contributed by atoms with E-state index < -0.39 is 0 Å². The highest BCUT2D eigenvalue weighted by Gasteiger charge is 2.08. The van der Waals surface area contributed by atoms with Gasteiger partial charge in [-0.3, -0.25) is 4.98 Å². The van der Waals surface area contributed by atoms with Crippen molar-refractivity contribution in [2.45, 2.75) is 0 Å². The molecule has 0 aliphatic carbocycles. The fourth-order valence-electron chi connectivity index (χ4n) is 2.86. The van der Waals surface area contributed by atoms with Gasteiger partial charge in [0, 0.05) is 23.8 Å². The minimum atomic E-state index is 0.435. The molecular weight excluding hydrogens is 354 g/mol. The Balaban J connectivity index is 1.62. The molecule has 0 atom stereocenters. The molecule has 2 heterocycles. The van der Waals surface area contributed by atoms with Crippen molar-refractivity contribution >= 4 is 34.0 Å². The number of pyridine rings is 1. The Hall–Kier alpha value is -3.87. The maximum Gasteiger partial charge on any atom is 0.229 e. The Morgan fingerprint density at radius 1 is 0.786 bits per heavy atom. The molecule has 140 valence electrons. The van der Waals surface area contributed by atoms with Crippen LogP contribution in [0.1, 0.15) is 0 Å². The normalized spacial score (nSPS) is 10.5. The summed E-state index contributed by atoms with van der Waals surface area (Å²) in [5.74, 6) is 2.46. The largest absolute Gasteiger partial charge is 0.497 e. The summed E-state index contributed by atoms with van der Waals surface area (Å²) in [7, 11) is 3.23. The van der Waals surface area contributed by atoms with Crippen molar-refractivity contribution in [2.24, 2.45) is 0 Å². The van der Waals surface area contributed by atoms with Crippen molar-refractivity contribution < 1.29 is 9.47 Å². The zero-order valence-corrected chi connectivity index (χ0v) is 15.5. The maximum absolute atomic E-state index is 5.39. The van der Waals surface area contributed by atoms with Gasteiger partial charge in [-0.1, -0.05) is 18.2 Å². The Morgan fingerprint density at radius 3 is 2.54 bits per heavy atom. The first-order chi connectivity index (χ1) is 13.8. The van der Waals surface area contributed by atoms with Crippen molar-refractivity contribution in [3.8, 4) is 11.5 Å². The lowest BCUT2D eigenvalue weighted by molar-refractivity contribution is 0.405. The van der Waals surface area contributed by atoms with Gasteiger partial charge in [0.25, 0.3) is 0 Å². The fraction of sp³-hybridized carbons (Fsp3) is 0.0952. The number of benzene rings is 2. The second-order valence-corrected chi connectivity index (χ2v) is 5.96. The molecule has 0 fully saturated rings. The highest BCUT2D eigenvalue weighted by atomic mass is 16.5. The molecule has 28 heavy (non-hydrogen) atoms. The summed E-state index contributed by atoms with van der Waals surface area (Å²) in [6.07, 6.45) is 3.46. The molecule has 7 nitrogen and oxygen atoms in total. The third-order valence-electron chi connectivity index (χ3n) is 4.20. The number of nitrogens with zero attached hydrogens (tertiary/aromatic N) is 3. The summed E-state index contributed by atoms with van der Waals surface area (Å²) in [4.78, 5) is 13.3. The van der Waals surface area contributed by atoms with Crippen LogP contribution < -0.4 is 20.1 Å². The van der Waals surface area contributed by atoms with Crippen molar-refractivity contribution in [2.75, 3.05) is 24.9 Å². The number of hydrogen-bond acceptors (Lipinski definition) is 7. The summed E-state index contributed by atoms with van der Waals surface area (Å²) in [5.41, 5.74) is 2.47. The quantitative estimate of drug-likeness (QED) is 0.514. The molecule has 0 radical (unpaired) electrons. The summed E-state index contributed by atoms with van der Waals surface area (Å²) in [6.45, 7) is 0. The molecule has 4 rings (SSSR count). The number of fused-ring (bicyclic) bond motifs is 1. The van der Waals surface area contributed by atoms with Crippen LogP contribution in [0, 0.1) is 0 Å². The average molecular weight is 373 g/mol. The Kier molecular flexibility index (Phi) is 4.88. The van der Waals surface area contributed by atoms with E-state index in [9.17, 15) is 0 Å². The Labute approximate surface area is 162 Å². The zero-order chi connectivity index (χ0) is 19.3. The summed E-state index contributed by atoms with van der Waals surface area (Å²) in [6, 6.07) is 17.2. The fourth-order valence-corrected chi connectivity index (χ4v) is 2.86. The third-order valence-corrected chi connectivity index (χ3v) is 4.20. The second kappa shape index (κ2) is 7.79. The number of ether oxygens (including phenoxy) is 2. The first-order valence-electron chi connectivity index (χ1n) is 8.69. The van der Waals surface area contributed by atoms with Gasteiger partial charge in [-0.2, -0.15) is 4.98 Å². The first-order valence-corrected chi connectivity index (χ1v) is 8.69. The van der Waals surface area contributed by atoms with Crippen LogP contribution in [0.2, 0.25) is 0 Å². The Bertz CT molecular complexity index is 1110. The minimum absolute atomic E-state index is 0.435. The lowest BCUT2D eigenvalue weighted by atomic mass is 10.2. The number of aromatic nitrogens is 3. The molecule has 0 aliphatic heterocycles. The summed E-state index contributed by atoms with van der Waals surface area (Å²) >= 11 is 0. The van der Waals surface area contributed by atoms with Crippen molar-refractivity contribution in [3.05, 3.63) is 67.0 Å². The monoisotopic (exact) mass is 373 g/mol. The molecule has 0 saturated heterocycles. The van der Waals surface area contributed by atoms with Crippen molar-refractivity contribution in [3.63, 3.8) is 0 Å². The Morgan fingerprint density at radius 2 is 1.68 bits per heavy atom. The average Bonchev–Trinajstić information content (AvgIpc) is 2.74. The van der Waals surface area contributed by atoms with E-state index in [1.54, 1.807) is 32.7 Å². The lowest BCUT2D eigenvalue weighted by Gasteiger charge is -2.13. The van der Waals surface area contributed by atoms with Gasteiger partial charge in [0.1, 0.15) is 17.3 Å². The SMILES string of the molecule is COc1ccc(OC)c(Nc2nccc(Nc3cccc4cccnc34)n2)c1. The molecule has 0 saturated carbocycles. The molecule has 0 bridgehead atoms. The number of nitrogens with one attached hydrogen (secondary N) is 2. The first kappa shape index (κ1) is 17.5. The molecule has 0 unspecified atom stereocenters. The smallest absolute Gasteiger partial charge is 0.229 e. The lowest BCUT2D eigenvalue weighted by Crippen LogP contribution is -2.02. The topological polar surface area (TPSA) is 81.2 Å². The highest BCUT2D eigenvalue weighted by Crippen LogP contribution is 2.31. The number of hydrogen-bond donors (Lipinski definition) is 2. The number of methoxy groups -OCH3 is 2. The highest BCUT2D eigenvalue weighted by molar-refractivity contribution is 5.91. The van der Waals surface area contributed by atoms with Crippen molar-refractivity contribution in [1.82, 2.24) is 15.0 Å². The van der Waals surface area contributed by atoms with Gasteiger partial charge in [0.15, 0.2) is 0 Å². The summed E-state index contributed by atoms with van der Waals surface area (Å²) in [5, 5.41) is 7.55. The zero-order valence-electron chi connectivity index (χ0n) is 15.5. The molecular formula is C21H19N5O2. The van der Waals surface area contributed by atoms with E-state index in [0.717, 1.165) is 16.6 Å². The van der Waals surface area contributed by atoms with E-state index in [1.807, 2.05) is 48.5 Å².